The van der Waals surface area contributed by atoms with Crippen molar-refractivity contribution in [3.8, 4) is 5.75 Å². The van der Waals surface area contributed by atoms with Gasteiger partial charge in [-0.2, -0.15) is 0 Å². The van der Waals surface area contributed by atoms with Crippen molar-refractivity contribution in [1.82, 2.24) is 0 Å². The highest BCUT2D eigenvalue weighted by atomic mass is 127. The van der Waals surface area contributed by atoms with Crippen molar-refractivity contribution >= 4 is 106 Å². The number of hydrogen-bond donors (Lipinski definition) is 0. The van der Waals surface area contributed by atoms with Crippen molar-refractivity contribution < 1.29 is 19.1 Å². The van der Waals surface area contributed by atoms with Gasteiger partial charge in [0.05, 0.1) is 7.16 Å². The van der Waals surface area contributed by atoms with Crippen LogP contribution in [0.1, 0.15) is 22.8 Å². The van der Waals surface area contributed by atoms with Gasteiger partial charge in [-0.05, 0) is 119 Å². The van der Waals surface area contributed by atoms with Gasteiger partial charge in [0, 0.05) is 22.8 Å². The second-order valence-corrected chi connectivity index (χ2v) is 12.8. The molecule has 42 heavy (non-hydrogen) atoms. The first-order valence-electron chi connectivity index (χ1n) is 13.4. The van der Waals surface area contributed by atoms with Crippen LogP contribution in [-0.2, 0) is 20.7 Å². The highest BCUT2D eigenvalue weighted by molar-refractivity contribution is 14.1. The van der Waals surface area contributed by atoms with E-state index in [0.29, 0.717) is 19.3 Å². The summed E-state index contributed by atoms with van der Waals surface area (Å²) in [6.45, 7) is 3.74. The molecule has 0 bridgehead atoms. The lowest BCUT2D eigenvalue weighted by molar-refractivity contribution is -0.143. The Hall–Kier alpha value is -3.76. The molecular formula is C36H22I2O4. The largest absolute Gasteiger partial charge is 0.453 e. The van der Waals surface area contributed by atoms with Gasteiger partial charge in [0.2, 0.25) is 0 Å². The topological polar surface area (TPSA) is 52.6 Å². The molecule has 0 amide bonds. The summed E-state index contributed by atoms with van der Waals surface area (Å²) < 4.78 is 12.8. The summed E-state index contributed by atoms with van der Waals surface area (Å²) in [5.74, 6) is -0.306. The second-order valence-electron chi connectivity index (χ2n) is 10.3. The number of carbonyl (C=O) groups excluding carboxylic acids is 2. The quantitative estimate of drug-likeness (QED) is 0.0576. The van der Waals surface area contributed by atoms with Gasteiger partial charge in [-0.25, -0.2) is 9.59 Å². The van der Waals surface area contributed by atoms with Gasteiger partial charge in [-0.1, -0.05) is 79.4 Å². The minimum absolute atomic E-state index is 0.332. The number of benzene rings is 6. The Morgan fingerprint density at radius 1 is 0.738 bits per heavy atom. The molecule has 0 spiro atoms. The van der Waals surface area contributed by atoms with E-state index >= 15 is 0 Å². The number of esters is 2. The third kappa shape index (κ3) is 4.76. The molecule has 4 nitrogen and oxygen atoms in total. The number of fused-ring (bicyclic) bond motifs is 4. The fourth-order valence-electron chi connectivity index (χ4n) is 5.95. The first-order chi connectivity index (χ1) is 20.4. The summed E-state index contributed by atoms with van der Waals surface area (Å²) in [5.41, 5.74) is 2.93. The number of carbonyl (C=O) groups is 2. The molecule has 6 aromatic carbocycles. The standard InChI is InChI=1S/C36H22I2O4/c1-20(37)35(39)41-32-19-29-26-11-5-2-8-22(26)18-25-14-21(15-30(32)33(25)29)16-31(38)36(40)42-34-27-12-6-3-9-23(27)17-24-10-4-7-13-28(24)34/h2-18,32H,1,19H2/b31-16+. The summed E-state index contributed by atoms with van der Waals surface area (Å²) in [5, 5.41) is 8.19. The van der Waals surface area contributed by atoms with Gasteiger partial charge in [0.15, 0.2) is 0 Å². The first kappa shape index (κ1) is 27.1. The highest BCUT2D eigenvalue weighted by Gasteiger charge is 2.30. The molecule has 1 aliphatic rings. The average Bonchev–Trinajstić information content (AvgIpc) is 3.35. The molecule has 6 aromatic rings. The summed E-state index contributed by atoms with van der Waals surface area (Å²) in [6, 6.07) is 32.4. The van der Waals surface area contributed by atoms with Crippen LogP contribution in [0.4, 0.5) is 0 Å². The number of rotatable bonds is 5. The maximum Gasteiger partial charge on any atom is 0.349 e. The van der Waals surface area contributed by atoms with E-state index in [9.17, 15) is 9.59 Å². The van der Waals surface area contributed by atoms with Crippen LogP contribution in [0.15, 0.2) is 111 Å². The summed E-state index contributed by atoms with van der Waals surface area (Å²) in [4.78, 5) is 26.1. The monoisotopic (exact) mass is 772 g/mol. The molecular weight excluding hydrogens is 750 g/mol. The van der Waals surface area contributed by atoms with Crippen molar-refractivity contribution in [2.45, 2.75) is 12.5 Å². The Morgan fingerprint density at radius 3 is 1.95 bits per heavy atom. The Labute approximate surface area is 269 Å². The summed E-state index contributed by atoms with van der Waals surface area (Å²) in [6.07, 6.45) is 1.98. The molecule has 1 unspecified atom stereocenters. The molecule has 0 saturated heterocycles. The van der Waals surface area contributed by atoms with Gasteiger partial charge in [-0.3, -0.25) is 0 Å². The van der Waals surface area contributed by atoms with E-state index in [1.807, 2.05) is 118 Å². The molecule has 0 heterocycles. The van der Waals surface area contributed by atoms with Crippen molar-refractivity contribution in [2.24, 2.45) is 0 Å². The van der Waals surface area contributed by atoms with Crippen LogP contribution in [0, 0.1) is 0 Å². The zero-order valence-electron chi connectivity index (χ0n) is 22.2. The van der Waals surface area contributed by atoms with Crippen LogP contribution in [-0.4, -0.2) is 11.9 Å². The van der Waals surface area contributed by atoms with Gasteiger partial charge in [-0.15, -0.1) is 0 Å². The smallest absolute Gasteiger partial charge is 0.349 e. The predicted molar refractivity (Wildman–Crippen MR) is 186 cm³/mol. The third-order valence-electron chi connectivity index (χ3n) is 7.73. The average molecular weight is 772 g/mol. The minimum Gasteiger partial charge on any atom is -0.453 e. The Morgan fingerprint density at radius 2 is 1.31 bits per heavy atom. The number of halogens is 2. The highest BCUT2D eigenvalue weighted by Crippen LogP contribution is 2.44. The van der Waals surface area contributed by atoms with Crippen molar-refractivity contribution in [2.75, 3.05) is 0 Å². The van der Waals surface area contributed by atoms with Crippen molar-refractivity contribution in [3.05, 3.63) is 127 Å². The van der Waals surface area contributed by atoms with Crippen LogP contribution in [0.5, 0.6) is 5.75 Å². The van der Waals surface area contributed by atoms with Gasteiger partial charge in [0.1, 0.15) is 11.9 Å². The fourth-order valence-corrected chi connectivity index (χ4v) is 6.54. The van der Waals surface area contributed by atoms with Crippen molar-refractivity contribution in [3.63, 3.8) is 0 Å². The Balaban J connectivity index is 1.31. The zero-order chi connectivity index (χ0) is 29.0. The molecule has 0 radical (unpaired) electrons. The lowest BCUT2D eigenvalue weighted by Crippen LogP contribution is -2.10. The van der Waals surface area contributed by atoms with Gasteiger partial charge >= 0.3 is 11.9 Å². The Bertz CT molecular complexity index is 2110. The molecule has 204 valence electrons. The summed E-state index contributed by atoms with van der Waals surface area (Å²) in [7, 11) is 0. The Kier molecular flexibility index (Phi) is 6.98. The number of hydrogen-bond acceptors (Lipinski definition) is 4. The molecule has 0 N–H and O–H groups in total. The normalized spacial score (nSPS) is 14.5. The maximum atomic E-state index is 13.5. The predicted octanol–water partition coefficient (Wildman–Crippen LogP) is 9.77. The van der Waals surface area contributed by atoms with Gasteiger partial charge < -0.3 is 9.47 Å². The molecule has 0 saturated carbocycles. The zero-order valence-corrected chi connectivity index (χ0v) is 26.5. The molecule has 1 atom stereocenters. The van der Waals surface area contributed by atoms with Crippen LogP contribution >= 0.6 is 45.2 Å². The third-order valence-corrected chi connectivity index (χ3v) is 8.92. The SMILES string of the molecule is C=C(I)C(=O)OC1Cc2c3ccccc3cc3cc(/C=C(/I)C(=O)Oc4c5ccccc5cc5ccccc45)cc1c23. The number of ether oxygens (including phenoxy) is 2. The second kappa shape index (κ2) is 10.8. The van der Waals surface area contributed by atoms with Crippen molar-refractivity contribution in [1.29, 1.82) is 0 Å². The minimum atomic E-state index is -0.438. The van der Waals surface area contributed by atoms with Gasteiger partial charge in [0.25, 0.3) is 0 Å². The molecule has 1 aliphatic carbocycles. The molecule has 0 aliphatic heterocycles. The van der Waals surface area contributed by atoms with E-state index in [-0.39, 0.29) is 0 Å². The fraction of sp³-hybridized carbons (Fsp3) is 0.0556. The lowest BCUT2D eigenvalue weighted by Gasteiger charge is -2.14. The molecule has 6 heteroatoms. The van der Waals surface area contributed by atoms with Crippen LogP contribution < -0.4 is 4.74 Å². The lowest BCUT2D eigenvalue weighted by atomic mass is 9.96. The molecule has 7 rings (SSSR count). The molecule has 0 aromatic heterocycles. The van der Waals surface area contributed by atoms with E-state index in [1.54, 1.807) is 0 Å². The molecule has 0 fully saturated rings. The van der Waals surface area contributed by atoms with Crippen LogP contribution in [0.2, 0.25) is 0 Å². The maximum absolute atomic E-state index is 13.5. The van der Waals surface area contributed by atoms with E-state index in [4.69, 9.17) is 9.47 Å². The summed E-state index contributed by atoms with van der Waals surface area (Å²) >= 11 is 3.94. The van der Waals surface area contributed by atoms with E-state index in [0.717, 1.165) is 54.2 Å². The van der Waals surface area contributed by atoms with E-state index in [1.165, 1.54) is 5.56 Å². The van der Waals surface area contributed by atoms with E-state index in [2.05, 4.69) is 36.9 Å². The first-order valence-corrected chi connectivity index (χ1v) is 15.6. The van der Waals surface area contributed by atoms with Crippen LogP contribution in [0.25, 0.3) is 49.2 Å². The van der Waals surface area contributed by atoms with Crippen LogP contribution in [0.3, 0.4) is 0 Å². The van der Waals surface area contributed by atoms with E-state index < -0.39 is 18.0 Å².